The van der Waals surface area contributed by atoms with Crippen LogP contribution in [0.15, 0.2) is 30.5 Å². The number of imidazole rings is 1. The fourth-order valence-corrected chi connectivity index (χ4v) is 2.93. The second kappa shape index (κ2) is 5.29. The topological polar surface area (TPSA) is 55.1 Å². The first-order valence-electron chi connectivity index (χ1n) is 6.66. The minimum atomic E-state index is -0.786. The molecule has 20 heavy (non-hydrogen) atoms. The molecule has 0 radical (unpaired) electrons. The average molecular weight is 291 g/mol. The Balaban J connectivity index is 1.87. The fourth-order valence-electron chi connectivity index (χ4n) is 2.71. The molecule has 1 aliphatic heterocycles. The van der Waals surface area contributed by atoms with E-state index in [-0.39, 0.29) is 0 Å². The number of hydrogen-bond donors (Lipinski definition) is 1. The van der Waals surface area contributed by atoms with Crippen LogP contribution in [0.1, 0.15) is 35.8 Å². The lowest BCUT2D eigenvalue weighted by atomic mass is 9.99. The van der Waals surface area contributed by atoms with Crippen LogP contribution in [0.4, 0.5) is 0 Å². The van der Waals surface area contributed by atoms with Gasteiger partial charge in [0, 0.05) is 24.2 Å². The molecule has 0 saturated heterocycles. The molecule has 5 heteroatoms. The summed E-state index contributed by atoms with van der Waals surface area (Å²) in [6, 6.07) is 7.66. The third-order valence-electron chi connectivity index (χ3n) is 3.63. The van der Waals surface area contributed by atoms with Crippen LogP contribution in [0.25, 0.3) is 0 Å². The number of benzene rings is 1. The quantitative estimate of drug-likeness (QED) is 0.945. The van der Waals surface area contributed by atoms with Crippen molar-refractivity contribution in [1.82, 2.24) is 9.55 Å². The third-order valence-corrected chi connectivity index (χ3v) is 3.87. The summed E-state index contributed by atoms with van der Waals surface area (Å²) in [5.74, 6) is -0.580. The van der Waals surface area contributed by atoms with Crippen LogP contribution in [0, 0.1) is 0 Å². The lowest BCUT2D eigenvalue weighted by molar-refractivity contribution is -0.139. The van der Waals surface area contributed by atoms with Gasteiger partial charge in [0.25, 0.3) is 0 Å². The van der Waals surface area contributed by atoms with Gasteiger partial charge in [0.2, 0.25) is 0 Å². The zero-order valence-electron chi connectivity index (χ0n) is 10.9. The summed E-state index contributed by atoms with van der Waals surface area (Å²) in [6.45, 7) is 0.849. The zero-order valence-corrected chi connectivity index (χ0v) is 11.7. The molecule has 0 fully saturated rings. The Morgan fingerprint density at radius 2 is 2.35 bits per heavy atom. The molecule has 0 bridgehead atoms. The minimum absolute atomic E-state index is 0.475. The van der Waals surface area contributed by atoms with Gasteiger partial charge < -0.3 is 9.67 Å². The van der Waals surface area contributed by atoms with Gasteiger partial charge in [-0.05, 0) is 30.5 Å². The van der Waals surface area contributed by atoms with Crippen LogP contribution in [0.3, 0.4) is 0 Å². The molecule has 0 spiro atoms. The number of fused-ring (bicyclic) bond motifs is 1. The van der Waals surface area contributed by atoms with Crippen LogP contribution < -0.4 is 0 Å². The molecule has 0 aliphatic carbocycles. The van der Waals surface area contributed by atoms with Crippen molar-refractivity contribution in [3.63, 3.8) is 0 Å². The number of aromatic nitrogens is 2. The van der Waals surface area contributed by atoms with Crippen molar-refractivity contribution in [1.29, 1.82) is 0 Å². The normalized spacial score (nSPS) is 17.8. The molecule has 1 aromatic heterocycles. The molecule has 3 rings (SSSR count). The van der Waals surface area contributed by atoms with Crippen LogP contribution >= 0.6 is 11.6 Å². The highest BCUT2D eigenvalue weighted by atomic mass is 35.5. The summed E-state index contributed by atoms with van der Waals surface area (Å²) >= 11 is 5.97. The second-order valence-electron chi connectivity index (χ2n) is 5.12. The van der Waals surface area contributed by atoms with E-state index in [9.17, 15) is 9.90 Å². The Bertz CT molecular complexity index is 651. The number of aliphatic carboxylic acids is 1. The predicted molar refractivity (Wildman–Crippen MR) is 76.1 cm³/mol. The molecule has 0 saturated carbocycles. The fraction of sp³-hybridized carbons (Fsp3) is 0.333. The molecule has 0 amide bonds. The highest BCUT2D eigenvalue weighted by molar-refractivity contribution is 6.30. The SMILES string of the molecule is O=C(O)C1CCCn2cc(Cc3cccc(Cl)c3)nc21. The molecular weight excluding hydrogens is 276 g/mol. The third kappa shape index (κ3) is 2.56. The van der Waals surface area contributed by atoms with Crippen molar-refractivity contribution in [3.05, 3.63) is 52.6 Å². The van der Waals surface area contributed by atoms with E-state index in [4.69, 9.17) is 11.6 Å². The molecule has 2 heterocycles. The largest absolute Gasteiger partial charge is 0.481 e. The summed E-state index contributed by atoms with van der Waals surface area (Å²) in [5.41, 5.74) is 1.98. The minimum Gasteiger partial charge on any atom is -0.481 e. The summed E-state index contributed by atoms with van der Waals surface area (Å²) in [4.78, 5) is 15.8. The Labute approximate surface area is 122 Å². The van der Waals surface area contributed by atoms with Gasteiger partial charge in [-0.2, -0.15) is 0 Å². The summed E-state index contributed by atoms with van der Waals surface area (Å²) in [5, 5.41) is 9.95. The Kier molecular flexibility index (Phi) is 3.49. The maximum Gasteiger partial charge on any atom is 0.314 e. The molecule has 104 valence electrons. The lowest BCUT2D eigenvalue weighted by Gasteiger charge is -2.19. The number of rotatable bonds is 3. The standard InChI is InChI=1S/C15H15ClN2O2/c16-11-4-1-3-10(7-11)8-12-9-18-6-2-5-13(15(19)20)14(18)17-12/h1,3-4,7,9,13H,2,5-6,8H2,(H,19,20). The average Bonchev–Trinajstić information content (AvgIpc) is 2.80. The van der Waals surface area contributed by atoms with E-state index in [0.29, 0.717) is 23.7 Å². The molecule has 1 aromatic carbocycles. The van der Waals surface area contributed by atoms with E-state index in [1.807, 2.05) is 35.0 Å². The lowest BCUT2D eigenvalue weighted by Crippen LogP contribution is -2.21. The van der Waals surface area contributed by atoms with Gasteiger partial charge in [-0.3, -0.25) is 4.79 Å². The smallest absolute Gasteiger partial charge is 0.314 e. The number of nitrogens with zero attached hydrogens (tertiary/aromatic N) is 2. The van der Waals surface area contributed by atoms with Crippen molar-refractivity contribution in [3.8, 4) is 0 Å². The number of carboxylic acid groups (broad SMARTS) is 1. The zero-order chi connectivity index (χ0) is 14.1. The number of hydrogen-bond acceptors (Lipinski definition) is 2. The van der Waals surface area contributed by atoms with Crippen LogP contribution in [-0.4, -0.2) is 20.6 Å². The first kappa shape index (κ1) is 13.2. The number of halogens is 1. The van der Waals surface area contributed by atoms with Gasteiger partial charge in [-0.1, -0.05) is 23.7 Å². The van der Waals surface area contributed by atoms with Crippen molar-refractivity contribution in [2.75, 3.05) is 0 Å². The first-order chi connectivity index (χ1) is 9.63. The van der Waals surface area contributed by atoms with E-state index in [0.717, 1.165) is 24.2 Å². The number of carboxylic acids is 1. The van der Waals surface area contributed by atoms with Crippen molar-refractivity contribution < 1.29 is 9.90 Å². The number of carbonyl (C=O) groups is 1. The van der Waals surface area contributed by atoms with E-state index >= 15 is 0 Å². The van der Waals surface area contributed by atoms with Gasteiger partial charge in [0.05, 0.1) is 5.69 Å². The monoisotopic (exact) mass is 290 g/mol. The molecule has 1 aliphatic rings. The molecule has 1 atom stereocenters. The summed E-state index contributed by atoms with van der Waals surface area (Å²) in [6.07, 6.45) is 4.19. The number of aryl methyl sites for hydroxylation is 1. The van der Waals surface area contributed by atoms with Gasteiger partial charge in [-0.25, -0.2) is 4.98 Å². The first-order valence-corrected chi connectivity index (χ1v) is 7.04. The summed E-state index contributed by atoms with van der Waals surface area (Å²) < 4.78 is 1.97. The van der Waals surface area contributed by atoms with Gasteiger partial charge in [0.15, 0.2) is 0 Å². The van der Waals surface area contributed by atoms with Gasteiger partial charge in [-0.15, -0.1) is 0 Å². The highest BCUT2D eigenvalue weighted by Crippen LogP contribution is 2.27. The predicted octanol–water partition coefficient (Wildman–Crippen LogP) is 3.09. The van der Waals surface area contributed by atoms with E-state index < -0.39 is 11.9 Å². The maximum absolute atomic E-state index is 11.3. The van der Waals surface area contributed by atoms with Crippen molar-refractivity contribution in [2.45, 2.75) is 31.7 Å². The Morgan fingerprint density at radius 3 is 3.10 bits per heavy atom. The molecule has 1 N–H and O–H groups in total. The van der Waals surface area contributed by atoms with Gasteiger partial charge >= 0.3 is 5.97 Å². The van der Waals surface area contributed by atoms with Crippen molar-refractivity contribution in [2.24, 2.45) is 0 Å². The maximum atomic E-state index is 11.3. The Morgan fingerprint density at radius 1 is 1.50 bits per heavy atom. The second-order valence-corrected chi connectivity index (χ2v) is 5.56. The molecular formula is C15H15ClN2O2. The van der Waals surface area contributed by atoms with E-state index in [2.05, 4.69) is 4.98 Å². The van der Waals surface area contributed by atoms with Crippen LogP contribution in [0.2, 0.25) is 5.02 Å². The van der Waals surface area contributed by atoms with E-state index in [1.54, 1.807) is 0 Å². The van der Waals surface area contributed by atoms with Crippen LogP contribution in [0.5, 0.6) is 0 Å². The highest BCUT2D eigenvalue weighted by Gasteiger charge is 2.28. The molecule has 1 unspecified atom stereocenters. The van der Waals surface area contributed by atoms with Crippen LogP contribution in [-0.2, 0) is 17.8 Å². The molecule has 4 nitrogen and oxygen atoms in total. The molecule has 2 aromatic rings. The van der Waals surface area contributed by atoms with Crippen molar-refractivity contribution >= 4 is 17.6 Å². The summed E-state index contributed by atoms with van der Waals surface area (Å²) in [7, 11) is 0. The van der Waals surface area contributed by atoms with E-state index in [1.165, 1.54) is 0 Å². The Hall–Kier alpha value is -1.81. The van der Waals surface area contributed by atoms with Gasteiger partial charge in [0.1, 0.15) is 11.7 Å².